The lowest BCUT2D eigenvalue weighted by atomic mass is 10.0. The summed E-state index contributed by atoms with van der Waals surface area (Å²) in [6.45, 7) is 3.47. The fraction of sp³-hybridized carbons (Fsp3) is 0.385. The summed E-state index contributed by atoms with van der Waals surface area (Å²) < 4.78 is 39.5. The van der Waals surface area contributed by atoms with Crippen LogP contribution in [0.15, 0.2) is 12.1 Å². The minimum absolute atomic E-state index is 0.0423. The normalized spacial score (nSPS) is 12.3. The third kappa shape index (κ3) is 3.97. The molecule has 1 aromatic rings. The Hall–Kier alpha value is -2.05. The van der Waals surface area contributed by atoms with Crippen molar-refractivity contribution in [2.24, 2.45) is 5.92 Å². The Morgan fingerprint density at radius 1 is 1.20 bits per heavy atom. The lowest BCUT2D eigenvalue weighted by Gasteiger charge is -2.16. The second-order valence-corrected chi connectivity index (χ2v) is 4.74. The molecule has 4 nitrogen and oxygen atoms in total. The van der Waals surface area contributed by atoms with Gasteiger partial charge in [-0.1, -0.05) is 13.8 Å². The number of hydrogen-bond donors (Lipinski definition) is 2. The molecule has 0 saturated heterocycles. The lowest BCUT2D eigenvalue weighted by molar-refractivity contribution is -0.139. The zero-order valence-electron chi connectivity index (χ0n) is 10.9. The smallest absolute Gasteiger partial charge is 0.326 e. The molecule has 0 aliphatic rings. The van der Waals surface area contributed by atoms with E-state index in [1.54, 1.807) is 13.8 Å². The number of benzene rings is 1. The molecule has 0 heterocycles. The number of carbonyl (C=O) groups excluding carboxylic acids is 1. The van der Waals surface area contributed by atoms with E-state index in [4.69, 9.17) is 5.11 Å². The van der Waals surface area contributed by atoms with Crippen molar-refractivity contribution in [3.8, 4) is 0 Å². The Balaban J connectivity index is 2.98. The van der Waals surface area contributed by atoms with Crippen molar-refractivity contribution in [2.75, 3.05) is 0 Å². The van der Waals surface area contributed by atoms with Crippen molar-refractivity contribution in [1.82, 2.24) is 5.32 Å². The van der Waals surface area contributed by atoms with Crippen LogP contribution in [-0.2, 0) is 4.79 Å². The summed E-state index contributed by atoms with van der Waals surface area (Å²) in [7, 11) is 0. The molecule has 0 aliphatic carbocycles. The molecule has 110 valence electrons. The average Bonchev–Trinajstić information content (AvgIpc) is 2.25. The van der Waals surface area contributed by atoms with E-state index >= 15 is 0 Å². The minimum atomic E-state index is -1.38. The molecular formula is C13H14F3NO3. The standard InChI is InChI=1S/C13H14F3NO3/c1-6(2)3-10(13(19)20)17-12(18)11-8(15)4-7(14)5-9(11)16/h4-6,10H,3H2,1-2H3,(H,17,18)(H,19,20)/t10-/m0/s1. The van der Waals surface area contributed by atoms with Gasteiger partial charge in [-0.3, -0.25) is 4.79 Å². The second kappa shape index (κ2) is 6.40. The number of halogens is 3. The molecule has 0 saturated carbocycles. The zero-order chi connectivity index (χ0) is 15.4. The van der Waals surface area contributed by atoms with E-state index in [-0.39, 0.29) is 12.3 Å². The minimum Gasteiger partial charge on any atom is -0.480 e. The first-order chi connectivity index (χ1) is 9.22. The topological polar surface area (TPSA) is 66.4 Å². The maximum Gasteiger partial charge on any atom is 0.326 e. The highest BCUT2D eigenvalue weighted by molar-refractivity contribution is 5.97. The van der Waals surface area contributed by atoms with E-state index in [9.17, 15) is 22.8 Å². The van der Waals surface area contributed by atoms with Gasteiger partial charge in [0.2, 0.25) is 0 Å². The van der Waals surface area contributed by atoms with Gasteiger partial charge in [0, 0.05) is 12.1 Å². The van der Waals surface area contributed by atoms with Gasteiger partial charge in [-0.2, -0.15) is 0 Å². The SMILES string of the molecule is CC(C)C[C@H](NC(=O)c1c(F)cc(F)cc1F)C(=O)O. The van der Waals surface area contributed by atoms with E-state index in [1.807, 2.05) is 5.32 Å². The summed E-state index contributed by atoms with van der Waals surface area (Å²) >= 11 is 0. The largest absolute Gasteiger partial charge is 0.480 e. The summed E-state index contributed by atoms with van der Waals surface area (Å²) in [5.74, 6) is -6.50. The van der Waals surface area contributed by atoms with Gasteiger partial charge in [0.25, 0.3) is 5.91 Å². The lowest BCUT2D eigenvalue weighted by Crippen LogP contribution is -2.42. The van der Waals surface area contributed by atoms with E-state index in [2.05, 4.69) is 0 Å². The predicted molar refractivity (Wildman–Crippen MR) is 64.7 cm³/mol. The number of nitrogens with one attached hydrogen (secondary N) is 1. The molecule has 0 aromatic heterocycles. The first kappa shape index (κ1) is 16.0. The van der Waals surface area contributed by atoms with Crippen LogP contribution in [0.3, 0.4) is 0 Å². The molecule has 1 amide bonds. The fourth-order valence-corrected chi connectivity index (χ4v) is 1.68. The van der Waals surface area contributed by atoms with Crippen LogP contribution in [0.2, 0.25) is 0 Å². The van der Waals surface area contributed by atoms with Gasteiger partial charge in [-0.05, 0) is 12.3 Å². The van der Waals surface area contributed by atoms with Crippen LogP contribution in [0.5, 0.6) is 0 Å². The molecule has 0 spiro atoms. The molecule has 7 heteroatoms. The van der Waals surface area contributed by atoms with Crippen LogP contribution in [0.25, 0.3) is 0 Å². The molecule has 2 N–H and O–H groups in total. The molecular weight excluding hydrogens is 275 g/mol. The van der Waals surface area contributed by atoms with Crippen molar-refractivity contribution < 1.29 is 27.9 Å². The van der Waals surface area contributed by atoms with Gasteiger partial charge in [-0.25, -0.2) is 18.0 Å². The number of aliphatic carboxylic acids is 1. The van der Waals surface area contributed by atoms with Gasteiger partial charge in [0.05, 0.1) is 0 Å². The molecule has 0 bridgehead atoms. The van der Waals surface area contributed by atoms with Crippen LogP contribution in [0.1, 0.15) is 30.6 Å². The number of rotatable bonds is 5. The second-order valence-electron chi connectivity index (χ2n) is 4.74. The van der Waals surface area contributed by atoms with E-state index in [0.717, 1.165) is 0 Å². The van der Waals surface area contributed by atoms with Crippen LogP contribution in [0.4, 0.5) is 13.2 Å². The molecule has 0 aliphatic heterocycles. The van der Waals surface area contributed by atoms with Gasteiger partial charge >= 0.3 is 5.97 Å². The Kier molecular flexibility index (Phi) is 5.12. The van der Waals surface area contributed by atoms with E-state index in [1.165, 1.54) is 0 Å². The monoisotopic (exact) mass is 289 g/mol. The van der Waals surface area contributed by atoms with Crippen LogP contribution < -0.4 is 5.32 Å². The Morgan fingerprint density at radius 3 is 2.10 bits per heavy atom. The summed E-state index contributed by atoms with van der Waals surface area (Å²) in [5, 5.41) is 11.0. The number of carboxylic acid groups (broad SMARTS) is 1. The quantitative estimate of drug-likeness (QED) is 0.874. The molecule has 20 heavy (non-hydrogen) atoms. The highest BCUT2D eigenvalue weighted by Crippen LogP contribution is 2.15. The fourth-order valence-electron chi connectivity index (χ4n) is 1.68. The van der Waals surface area contributed by atoms with Crippen molar-refractivity contribution in [1.29, 1.82) is 0 Å². The summed E-state index contributed by atoms with van der Waals surface area (Å²) in [5.41, 5.74) is -0.999. The Bertz CT molecular complexity index is 509. The number of hydrogen-bond acceptors (Lipinski definition) is 2. The van der Waals surface area contributed by atoms with Crippen molar-refractivity contribution >= 4 is 11.9 Å². The third-order valence-corrected chi connectivity index (χ3v) is 2.54. The maximum atomic E-state index is 13.4. The molecule has 0 radical (unpaired) electrons. The molecule has 1 atom stereocenters. The van der Waals surface area contributed by atoms with E-state index < -0.39 is 40.9 Å². The highest BCUT2D eigenvalue weighted by atomic mass is 19.1. The number of carboxylic acids is 1. The van der Waals surface area contributed by atoms with Crippen molar-refractivity contribution in [3.63, 3.8) is 0 Å². The average molecular weight is 289 g/mol. The molecule has 1 rings (SSSR count). The van der Waals surface area contributed by atoms with Gasteiger partial charge < -0.3 is 10.4 Å². The number of amides is 1. The summed E-state index contributed by atoms with van der Waals surface area (Å²) in [6, 6.07) is -0.557. The van der Waals surface area contributed by atoms with Gasteiger partial charge in [-0.15, -0.1) is 0 Å². The van der Waals surface area contributed by atoms with Crippen LogP contribution in [-0.4, -0.2) is 23.0 Å². The van der Waals surface area contributed by atoms with Gasteiger partial charge in [0.1, 0.15) is 29.1 Å². The first-order valence-corrected chi connectivity index (χ1v) is 5.90. The number of carbonyl (C=O) groups is 2. The first-order valence-electron chi connectivity index (χ1n) is 5.90. The van der Waals surface area contributed by atoms with Crippen molar-refractivity contribution in [2.45, 2.75) is 26.3 Å². The molecule has 0 unspecified atom stereocenters. The molecule has 0 fully saturated rings. The third-order valence-electron chi connectivity index (χ3n) is 2.54. The Morgan fingerprint density at radius 2 is 1.70 bits per heavy atom. The Labute approximate surface area is 113 Å². The highest BCUT2D eigenvalue weighted by Gasteiger charge is 2.25. The summed E-state index contributed by atoms with van der Waals surface area (Å²) in [6.07, 6.45) is 0.103. The molecule has 1 aromatic carbocycles. The predicted octanol–water partition coefficient (Wildman–Crippen LogP) is 2.33. The van der Waals surface area contributed by atoms with Crippen LogP contribution in [0, 0.1) is 23.4 Å². The van der Waals surface area contributed by atoms with Crippen LogP contribution >= 0.6 is 0 Å². The maximum absolute atomic E-state index is 13.4. The van der Waals surface area contributed by atoms with Crippen molar-refractivity contribution in [3.05, 3.63) is 35.1 Å². The zero-order valence-corrected chi connectivity index (χ0v) is 10.9. The van der Waals surface area contributed by atoms with Gasteiger partial charge in [0.15, 0.2) is 0 Å². The summed E-state index contributed by atoms with van der Waals surface area (Å²) in [4.78, 5) is 22.7. The van der Waals surface area contributed by atoms with E-state index in [0.29, 0.717) is 12.1 Å².